The maximum absolute atomic E-state index is 5.31. The molecule has 0 radical (unpaired) electrons. The van der Waals surface area contributed by atoms with Crippen LogP contribution < -0.4 is 16.6 Å². The molecule has 0 saturated carbocycles. The number of hydrazine groups is 1. The van der Waals surface area contributed by atoms with Crippen molar-refractivity contribution in [3.05, 3.63) is 18.2 Å². The van der Waals surface area contributed by atoms with Gasteiger partial charge >= 0.3 is 0 Å². The largest absolute Gasteiger partial charge is 0.365 e. The van der Waals surface area contributed by atoms with Crippen LogP contribution in [0.4, 0.5) is 11.6 Å². The quantitative estimate of drug-likeness (QED) is 0.513. The monoisotopic (exact) mass is 208 g/mol. The summed E-state index contributed by atoms with van der Waals surface area (Å²) in [5.74, 6) is 6.84. The molecule has 0 aliphatic rings. The predicted octanol–water partition coefficient (Wildman–Crippen LogP) is 2.36. The van der Waals surface area contributed by atoms with Crippen molar-refractivity contribution >= 4 is 11.6 Å². The van der Waals surface area contributed by atoms with Gasteiger partial charge in [-0.3, -0.25) is 0 Å². The zero-order valence-corrected chi connectivity index (χ0v) is 9.67. The predicted molar refractivity (Wildman–Crippen MR) is 64.7 cm³/mol. The Bertz CT molecular complexity index is 307. The molecule has 4 nitrogen and oxygen atoms in total. The number of aromatic nitrogens is 1. The molecule has 0 aliphatic carbocycles. The van der Waals surface area contributed by atoms with Crippen LogP contribution in [0.5, 0.6) is 0 Å². The topological polar surface area (TPSA) is 63.0 Å². The molecule has 15 heavy (non-hydrogen) atoms. The number of nitrogens with zero attached hydrogens (tertiary/aromatic N) is 1. The van der Waals surface area contributed by atoms with Crippen LogP contribution in [-0.2, 0) is 0 Å². The Kier molecular flexibility index (Phi) is 3.91. The van der Waals surface area contributed by atoms with E-state index in [4.69, 9.17) is 5.84 Å². The van der Waals surface area contributed by atoms with E-state index in [0.29, 0.717) is 5.82 Å². The molecule has 1 rings (SSSR count). The van der Waals surface area contributed by atoms with E-state index in [0.717, 1.165) is 18.7 Å². The van der Waals surface area contributed by atoms with E-state index in [1.165, 1.54) is 0 Å². The average molecular weight is 208 g/mol. The summed E-state index contributed by atoms with van der Waals surface area (Å²) in [5.41, 5.74) is 2.64. The van der Waals surface area contributed by atoms with Crippen molar-refractivity contribution < 1.29 is 0 Å². The molecule has 0 fully saturated rings. The van der Waals surface area contributed by atoms with Gasteiger partial charge in [0.1, 0.15) is 11.6 Å². The molecule has 1 aromatic rings. The van der Waals surface area contributed by atoms with Gasteiger partial charge in [0, 0.05) is 5.54 Å². The Labute approximate surface area is 91.3 Å². The molecular weight excluding hydrogens is 188 g/mol. The third-order valence-electron chi connectivity index (χ3n) is 2.89. The molecule has 0 saturated heterocycles. The Morgan fingerprint density at radius 3 is 2.40 bits per heavy atom. The molecule has 0 aliphatic heterocycles. The summed E-state index contributed by atoms with van der Waals surface area (Å²) >= 11 is 0. The van der Waals surface area contributed by atoms with Crippen LogP contribution in [0.1, 0.15) is 33.6 Å². The number of anilines is 2. The van der Waals surface area contributed by atoms with Crippen LogP contribution in [0.15, 0.2) is 18.2 Å². The second-order valence-electron chi connectivity index (χ2n) is 3.95. The van der Waals surface area contributed by atoms with Gasteiger partial charge in [0.15, 0.2) is 0 Å². The summed E-state index contributed by atoms with van der Waals surface area (Å²) in [7, 11) is 0. The second-order valence-corrected chi connectivity index (χ2v) is 3.95. The lowest BCUT2D eigenvalue weighted by atomic mass is 9.96. The molecule has 0 bridgehead atoms. The Hall–Kier alpha value is -1.29. The van der Waals surface area contributed by atoms with Gasteiger partial charge in [-0.1, -0.05) is 19.9 Å². The SMILES string of the molecule is CCC(C)(CC)Nc1cccc(NN)n1. The third kappa shape index (κ3) is 3.09. The number of nitrogen functional groups attached to an aromatic ring is 1. The zero-order chi connectivity index (χ0) is 11.3. The first-order valence-corrected chi connectivity index (χ1v) is 5.35. The van der Waals surface area contributed by atoms with Crippen molar-refractivity contribution in [2.24, 2.45) is 5.84 Å². The molecule has 0 atom stereocenters. The average Bonchev–Trinajstić information content (AvgIpc) is 2.29. The molecule has 0 spiro atoms. The van der Waals surface area contributed by atoms with E-state index in [1.807, 2.05) is 18.2 Å². The number of nitrogens with two attached hydrogens (primary N) is 1. The Morgan fingerprint density at radius 2 is 1.87 bits per heavy atom. The standard InChI is InChI=1S/C11H20N4/c1-4-11(3,5-2)14-9-7-6-8-10(13-9)15-12/h6-8H,4-5,12H2,1-3H3,(H2,13,14,15). The minimum atomic E-state index is 0.0974. The van der Waals surface area contributed by atoms with Gasteiger partial charge < -0.3 is 10.7 Å². The van der Waals surface area contributed by atoms with Gasteiger partial charge in [-0.25, -0.2) is 10.8 Å². The van der Waals surface area contributed by atoms with E-state index in [9.17, 15) is 0 Å². The normalized spacial score (nSPS) is 11.2. The van der Waals surface area contributed by atoms with Gasteiger partial charge in [0.2, 0.25) is 0 Å². The van der Waals surface area contributed by atoms with E-state index in [2.05, 4.69) is 36.5 Å². The van der Waals surface area contributed by atoms with Crippen molar-refractivity contribution in [3.63, 3.8) is 0 Å². The van der Waals surface area contributed by atoms with Gasteiger partial charge in [-0.15, -0.1) is 0 Å². The molecule has 1 heterocycles. The lowest BCUT2D eigenvalue weighted by Crippen LogP contribution is -2.33. The Morgan fingerprint density at radius 1 is 1.27 bits per heavy atom. The highest BCUT2D eigenvalue weighted by Crippen LogP contribution is 2.20. The van der Waals surface area contributed by atoms with Crippen LogP contribution >= 0.6 is 0 Å². The number of hydrogen-bond donors (Lipinski definition) is 3. The number of nitrogens with one attached hydrogen (secondary N) is 2. The van der Waals surface area contributed by atoms with E-state index in [-0.39, 0.29) is 5.54 Å². The lowest BCUT2D eigenvalue weighted by molar-refractivity contribution is 0.477. The third-order valence-corrected chi connectivity index (χ3v) is 2.89. The van der Waals surface area contributed by atoms with Crippen molar-refractivity contribution in [1.82, 2.24) is 4.98 Å². The first-order valence-electron chi connectivity index (χ1n) is 5.35. The first-order chi connectivity index (χ1) is 7.13. The second kappa shape index (κ2) is 4.98. The van der Waals surface area contributed by atoms with Crippen LogP contribution in [0.25, 0.3) is 0 Å². The van der Waals surface area contributed by atoms with Crippen molar-refractivity contribution in [2.45, 2.75) is 39.2 Å². The summed E-state index contributed by atoms with van der Waals surface area (Å²) in [6.07, 6.45) is 2.12. The van der Waals surface area contributed by atoms with Gasteiger partial charge in [-0.2, -0.15) is 0 Å². The van der Waals surface area contributed by atoms with E-state index in [1.54, 1.807) is 0 Å². The number of hydrogen-bond acceptors (Lipinski definition) is 4. The fraction of sp³-hybridized carbons (Fsp3) is 0.545. The van der Waals surface area contributed by atoms with Gasteiger partial charge in [0.05, 0.1) is 0 Å². The Balaban J connectivity index is 2.79. The molecule has 0 aromatic carbocycles. The van der Waals surface area contributed by atoms with Gasteiger partial charge in [0.25, 0.3) is 0 Å². The minimum absolute atomic E-state index is 0.0974. The zero-order valence-electron chi connectivity index (χ0n) is 9.67. The van der Waals surface area contributed by atoms with Gasteiger partial charge in [-0.05, 0) is 31.9 Å². The molecule has 84 valence electrons. The fourth-order valence-electron chi connectivity index (χ4n) is 1.32. The highest BCUT2D eigenvalue weighted by atomic mass is 15.3. The molecule has 1 aromatic heterocycles. The minimum Gasteiger partial charge on any atom is -0.365 e. The highest BCUT2D eigenvalue weighted by Gasteiger charge is 2.19. The molecule has 4 N–H and O–H groups in total. The maximum atomic E-state index is 5.31. The van der Waals surface area contributed by atoms with Crippen LogP contribution in [0.2, 0.25) is 0 Å². The first kappa shape index (κ1) is 11.8. The fourth-order valence-corrected chi connectivity index (χ4v) is 1.32. The van der Waals surface area contributed by atoms with Crippen molar-refractivity contribution in [2.75, 3.05) is 10.7 Å². The van der Waals surface area contributed by atoms with Crippen molar-refractivity contribution in [1.29, 1.82) is 0 Å². The molecule has 4 heteroatoms. The summed E-state index contributed by atoms with van der Waals surface area (Å²) in [4.78, 5) is 4.32. The summed E-state index contributed by atoms with van der Waals surface area (Å²) in [6, 6.07) is 5.71. The highest BCUT2D eigenvalue weighted by molar-refractivity contribution is 5.45. The van der Waals surface area contributed by atoms with Crippen molar-refractivity contribution in [3.8, 4) is 0 Å². The number of rotatable bonds is 5. The summed E-state index contributed by atoms with van der Waals surface area (Å²) < 4.78 is 0. The van der Waals surface area contributed by atoms with E-state index < -0.39 is 0 Å². The van der Waals surface area contributed by atoms with E-state index >= 15 is 0 Å². The molecular formula is C11H20N4. The van der Waals surface area contributed by atoms with Crippen LogP contribution in [0.3, 0.4) is 0 Å². The number of pyridine rings is 1. The maximum Gasteiger partial charge on any atom is 0.142 e. The summed E-state index contributed by atoms with van der Waals surface area (Å²) in [6.45, 7) is 6.53. The molecule has 0 unspecified atom stereocenters. The van der Waals surface area contributed by atoms with Crippen LogP contribution in [0, 0.1) is 0 Å². The smallest absolute Gasteiger partial charge is 0.142 e. The summed E-state index contributed by atoms with van der Waals surface area (Å²) in [5, 5.41) is 3.42. The van der Waals surface area contributed by atoms with Crippen LogP contribution in [-0.4, -0.2) is 10.5 Å². The lowest BCUT2D eigenvalue weighted by Gasteiger charge is -2.28. The molecule has 0 amide bonds.